The van der Waals surface area contributed by atoms with Crippen LogP contribution >= 0.6 is 0 Å². The topological polar surface area (TPSA) is 76.7 Å². The van der Waals surface area contributed by atoms with Gasteiger partial charge in [0.25, 0.3) is 5.91 Å². The first-order valence-corrected chi connectivity index (χ1v) is 9.26. The van der Waals surface area contributed by atoms with Crippen molar-refractivity contribution >= 4 is 12.0 Å². The molecule has 28 heavy (non-hydrogen) atoms. The molecule has 0 saturated heterocycles. The normalized spacial score (nSPS) is 10.9. The Morgan fingerprint density at radius 3 is 2.18 bits per heavy atom. The van der Waals surface area contributed by atoms with Gasteiger partial charge in [-0.15, -0.1) is 0 Å². The molecule has 6 nitrogen and oxygen atoms in total. The van der Waals surface area contributed by atoms with Crippen LogP contribution in [0.25, 0.3) is 0 Å². The van der Waals surface area contributed by atoms with Gasteiger partial charge in [0.05, 0.1) is 6.54 Å². The molecule has 2 aromatic rings. The van der Waals surface area contributed by atoms with Crippen LogP contribution in [0.2, 0.25) is 0 Å². The summed E-state index contributed by atoms with van der Waals surface area (Å²) in [6, 6.07) is 14.8. The van der Waals surface area contributed by atoms with Crippen molar-refractivity contribution in [3.8, 4) is 5.75 Å². The molecule has 0 atom stereocenters. The molecule has 0 aliphatic rings. The Morgan fingerprint density at radius 2 is 1.57 bits per heavy atom. The molecule has 0 spiro atoms. The lowest BCUT2D eigenvalue weighted by Crippen LogP contribution is -2.32. The van der Waals surface area contributed by atoms with E-state index in [0.29, 0.717) is 25.3 Å². The van der Waals surface area contributed by atoms with E-state index in [4.69, 9.17) is 9.47 Å². The maximum Gasteiger partial charge on any atom is 0.407 e. The number of carbonyl (C=O) groups excluding carboxylic acids is 2. The number of nitrogens with one attached hydrogen (secondary N) is 2. The standard InChI is InChI=1S/C22H28N2O4/c1-16-5-11-19(12-6-16)27-14-13-23-20(25)18-9-7-17(8-10-18)15-24-21(26)28-22(2,3)4/h5-12H,13-15H2,1-4H3,(H,23,25)(H,24,26). The quantitative estimate of drug-likeness (QED) is 0.712. The number of rotatable bonds is 7. The molecule has 0 aliphatic carbocycles. The minimum Gasteiger partial charge on any atom is -0.492 e. The molecule has 2 aromatic carbocycles. The molecule has 6 heteroatoms. The van der Waals surface area contributed by atoms with E-state index in [0.717, 1.165) is 11.3 Å². The van der Waals surface area contributed by atoms with Crippen molar-refractivity contribution in [1.29, 1.82) is 0 Å². The second kappa shape index (κ2) is 9.78. The Bertz CT molecular complexity index is 778. The fourth-order valence-corrected chi connectivity index (χ4v) is 2.33. The maximum absolute atomic E-state index is 12.2. The predicted octanol–water partition coefficient (Wildman–Crippen LogP) is 3.83. The highest BCUT2D eigenvalue weighted by molar-refractivity contribution is 5.94. The number of ether oxygens (including phenoxy) is 2. The van der Waals surface area contributed by atoms with Gasteiger partial charge in [-0.2, -0.15) is 0 Å². The molecular weight excluding hydrogens is 356 g/mol. The van der Waals surface area contributed by atoms with Crippen molar-refractivity contribution in [2.24, 2.45) is 0 Å². The summed E-state index contributed by atoms with van der Waals surface area (Å²) in [5.74, 6) is 0.612. The number of amides is 2. The summed E-state index contributed by atoms with van der Waals surface area (Å²) in [6.45, 7) is 8.59. The first-order valence-electron chi connectivity index (χ1n) is 9.26. The van der Waals surface area contributed by atoms with Gasteiger partial charge in [0.2, 0.25) is 0 Å². The third-order valence-electron chi connectivity index (χ3n) is 3.73. The summed E-state index contributed by atoms with van der Waals surface area (Å²) in [5, 5.41) is 5.51. The molecule has 0 fully saturated rings. The smallest absolute Gasteiger partial charge is 0.407 e. The molecule has 0 bridgehead atoms. The monoisotopic (exact) mass is 384 g/mol. The van der Waals surface area contributed by atoms with Gasteiger partial charge in [0.15, 0.2) is 0 Å². The second-order valence-electron chi connectivity index (χ2n) is 7.47. The van der Waals surface area contributed by atoms with Crippen LogP contribution in [-0.4, -0.2) is 30.8 Å². The summed E-state index contributed by atoms with van der Waals surface area (Å²) in [5.41, 5.74) is 2.07. The van der Waals surface area contributed by atoms with E-state index in [2.05, 4.69) is 10.6 Å². The molecule has 0 aromatic heterocycles. The highest BCUT2D eigenvalue weighted by atomic mass is 16.6. The minimum atomic E-state index is -0.533. The van der Waals surface area contributed by atoms with Gasteiger partial charge in [-0.3, -0.25) is 4.79 Å². The van der Waals surface area contributed by atoms with E-state index in [9.17, 15) is 9.59 Å². The van der Waals surface area contributed by atoms with Crippen LogP contribution in [0.4, 0.5) is 4.79 Å². The Hall–Kier alpha value is -3.02. The van der Waals surface area contributed by atoms with Gasteiger partial charge >= 0.3 is 6.09 Å². The third-order valence-corrected chi connectivity index (χ3v) is 3.73. The van der Waals surface area contributed by atoms with Gasteiger partial charge in [-0.25, -0.2) is 4.79 Å². The van der Waals surface area contributed by atoms with Crippen molar-refractivity contribution in [3.63, 3.8) is 0 Å². The van der Waals surface area contributed by atoms with Crippen LogP contribution in [0.1, 0.15) is 42.3 Å². The number of benzene rings is 2. The molecule has 0 heterocycles. The molecule has 2 N–H and O–H groups in total. The van der Waals surface area contributed by atoms with Crippen LogP contribution in [0.3, 0.4) is 0 Å². The molecule has 2 amide bonds. The fraction of sp³-hybridized carbons (Fsp3) is 0.364. The van der Waals surface area contributed by atoms with E-state index in [1.54, 1.807) is 24.3 Å². The Morgan fingerprint density at radius 1 is 0.929 bits per heavy atom. The second-order valence-corrected chi connectivity index (χ2v) is 7.47. The number of hydrogen-bond acceptors (Lipinski definition) is 4. The van der Waals surface area contributed by atoms with Crippen LogP contribution in [0, 0.1) is 6.92 Å². The van der Waals surface area contributed by atoms with Crippen molar-refractivity contribution in [1.82, 2.24) is 10.6 Å². The molecular formula is C22H28N2O4. The van der Waals surface area contributed by atoms with Crippen LogP contribution in [0.5, 0.6) is 5.75 Å². The van der Waals surface area contributed by atoms with Crippen molar-refractivity contribution in [2.75, 3.05) is 13.2 Å². The summed E-state index contributed by atoms with van der Waals surface area (Å²) in [7, 11) is 0. The van der Waals surface area contributed by atoms with Crippen LogP contribution in [0.15, 0.2) is 48.5 Å². The lowest BCUT2D eigenvalue weighted by molar-refractivity contribution is 0.0523. The van der Waals surface area contributed by atoms with Gasteiger partial charge < -0.3 is 20.1 Å². The van der Waals surface area contributed by atoms with Crippen LogP contribution in [-0.2, 0) is 11.3 Å². The van der Waals surface area contributed by atoms with E-state index in [1.807, 2.05) is 52.0 Å². The van der Waals surface area contributed by atoms with E-state index in [-0.39, 0.29) is 5.91 Å². The lowest BCUT2D eigenvalue weighted by Gasteiger charge is -2.19. The molecule has 150 valence electrons. The molecule has 0 unspecified atom stereocenters. The zero-order chi connectivity index (χ0) is 20.6. The predicted molar refractivity (Wildman–Crippen MR) is 109 cm³/mol. The average molecular weight is 384 g/mol. The summed E-state index contributed by atoms with van der Waals surface area (Å²) in [6.07, 6.45) is -0.470. The first-order chi connectivity index (χ1) is 13.2. The van der Waals surface area contributed by atoms with Crippen molar-refractivity contribution in [3.05, 3.63) is 65.2 Å². The molecule has 0 saturated carbocycles. The number of carbonyl (C=O) groups is 2. The minimum absolute atomic E-state index is 0.167. The Balaban J connectivity index is 1.72. The SMILES string of the molecule is Cc1ccc(OCCNC(=O)c2ccc(CNC(=O)OC(C)(C)C)cc2)cc1. The van der Waals surface area contributed by atoms with Crippen molar-refractivity contribution < 1.29 is 19.1 Å². The van der Waals surface area contributed by atoms with Gasteiger partial charge in [0.1, 0.15) is 18.0 Å². The highest BCUT2D eigenvalue weighted by Gasteiger charge is 2.15. The fourth-order valence-electron chi connectivity index (χ4n) is 2.33. The molecule has 0 aliphatic heterocycles. The molecule has 2 rings (SSSR count). The lowest BCUT2D eigenvalue weighted by atomic mass is 10.1. The molecule has 0 radical (unpaired) electrons. The summed E-state index contributed by atoms with van der Waals surface area (Å²) in [4.78, 5) is 23.8. The number of alkyl carbamates (subject to hydrolysis) is 1. The Kier molecular flexibility index (Phi) is 7.44. The summed E-state index contributed by atoms with van der Waals surface area (Å²) >= 11 is 0. The van der Waals surface area contributed by atoms with E-state index >= 15 is 0 Å². The van der Waals surface area contributed by atoms with Gasteiger partial charge in [-0.1, -0.05) is 29.8 Å². The third kappa shape index (κ3) is 7.70. The van der Waals surface area contributed by atoms with E-state index in [1.165, 1.54) is 5.56 Å². The zero-order valence-corrected chi connectivity index (χ0v) is 16.9. The van der Waals surface area contributed by atoms with Crippen molar-refractivity contribution in [2.45, 2.75) is 39.8 Å². The summed E-state index contributed by atoms with van der Waals surface area (Å²) < 4.78 is 10.8. The zero-order valence-electron chi connectivity index (χ0n) is 16.9. The van der Waals surface area contributed by atoms with Gasteiger partial charge in [0, 0.05) is 12.1 Å². The van der Waals surface area contributed by atoms with E-state index < -0.39 is 11.7 Å². The Labute approximate surface area is 166 Å². The van der Waals surface area contributed by atoms with Crippen LogP contribution < -0.4 is 15.4 Å². The average Bonchev–Trinajstić information content (AvgIpc) is 2.64. The largest absolute Gasteiger partial charge is 0.492 e. The first kappa shape index (κ1) is 21.3. The number of hydrogen-bond donors (Lipinski definition) is 2. The van der Waals surface area contributed by atoms with Gasteiger partial charge in [-0.05, 0) is 57.5 Å². The number of aryl methyl sites for hydroxylation is 1. The maximum atomic E-state index is 12.2. The highest BCUT2D eigenvalue weighted by Crippen LogP contribution is 2.11.